The molecule has 150 valence electrons. The number of hydrogen-bond donors (Lipinski definition) is 1. The first-order valence-corrected chi connectivity index (χ1v) is 8.73. The van der Waals surface area contributed by atoms with Crippen molar-refractivity contribution in [3.05, 3.63) is 17.8 Å². The largest absolute Gasteiger partial charge is 0.475 e. The summed E-state index contributed by atoms with van der Waals surface area (Å²) in [5.74, 6) is 0.420. The maximum absolute atomic E-state index is 12.3. The molecule has 1 aromatic rings. The van der Waals surface area contributed by atoms with Crippen LogP contribution in [0.2, 0.25) is 0 Å². The minimum Gasteiger partial charge on any atom is -0.475 e. The van der Waals surface area contributed by atoms with Gasteiger partial charge in [-0.05, 0) is 33.8 Å². The second kappa shape index (κ2) is 8.90. The zero-order valence-corrected chi connectivity index (χ0v) is 16.4. The number of amides is 2. The molecule has 0 aromatic carbocycles. The van der Waals surface area contributed by atoms with Crippen LogP contribution >= 0.6 is 0 Å². The van der Waals surface area contributed by atoms with Crippen molar-refractivity contribution in [1.29, 1.82) is 0 Å². The smallest absolute Gasteiger partial charge is 0.412 e. The average Bonchev–Trinajstić information content (AvgIpc) is 2.72. The zero-order chi connectivity index (χ0) is 20.0. The van der Waals surface area contributed by atoms with Crippen molar-refractivity contribution in [2.45, 2.75) is 45.9 Å². The topological polar surface area (TPSA) is 99.2 Å². The van der Waals surface area contributed by atoms with E-state index in [4.69, 9.17) is 18.9 Å². The van der Waals surface area contributed by atoms with Crippen LogP contribution in [0.5, 0.6) is 5.88 Å². The molecule has 0 radical (unpaired) electrons. The van der Waals surface area contributed by atoms with E-state index >= 15 is 0 Å². The summed E-state index contributed by atoms with van der Waals surface area (Å²) in [6.45, 7) is 8.25. The molecule has 2 amide bonds. The van der Waals surface area contributed by atoms with Gasteiger partial charge in [-0.2, -0.15) is 0 Å². The Hall–Kier alpha value is -2.55. The number of anilines is 1. The molecule has 27 heavy (non-hydrogen) atoms. The third-order valence-corrected chi connectivity index (χ3v) is 3.65. The van der Waals surface area contributed by atoms with Crippen LogP contribution in [-0.4, -0.2) is 60.6 Å². The maximum atomic E-state index is 12.3. The highest BCUT2D eigenvalue weighted by atomic mass is 16.6. The van der Waals surface area contributed by atoms with Gasteiger partial charge in [0.1, 0.15) is 18.8 Å². The molecule has 0 aliphatic carbocycles. The summed E-state index contributed by atoms with van der Waals surface area (Å²) in [6.07, 6.45) is 0.449. The fourth-order valence-corrected chi connectivity index (χ4v) is 2.40. The van der Waals surface area contributed by atoms with Crippen LogP contribution in [0.1, 0.15) is 33.3 Å². The first-order chi connectivity index (χ1) is 12.7. The van der Waals surface area contributed by atoms with Gasteiger partial charge in [-0.3, -0.25) is 10.2 Å². The first kappa shape index (κ1) is 20.8. The number of hydrogen-bond acceptors (Lipinski definition) is 7. The number of carbonyl (C=O) groups excluding carboxylic acids is 2. The highest BCUT2D eigenvalue weighted by Crippen LogP contribution is 2.26. The molecule has 0 saturated carbocycles. The Labute approximate surface area is 158 Å². The van der Waals surface area contributed by atoms with E-state index in [-0.39, 0.29) is 25.8 Å². The summed E-state index contributed by atoms with van der Waals surface area (Å²) in [4.78, 5) is 30.1. The molecule has 2 heterocycles. The maximum Gasteiger partial charge on any atom is 0.412 e. The van der Waals surface area contributed by atoms with Crippen molar-refractivity contribution in [2.24, 2.45) is 0 Å². The molecular formula is C18H27N3O6. The highest BCUT2D eigenvalue weighted by molar-refractivity contribution is 5.84. The number of ether oxygens (including phenoxy) is 4. The van der Waals surface area contributed by atoms with Gasteiger partial charge in [0.2, 0.25) is 5.88 Å². The Morgan fingerprint density at radius 3 is 2.78 bits per heavy atom. The minimum atomic E-state index is -0.607. The van der Waals surface area contributed by atoms with Crippen LogP contribution in [0.3, 0.4) is 0 Å². The van der Waals surface area contributed by atoms with Crippen LogP contribution in [-0.2, 0) is 20.8 Å². The molecule has 9 heteroatoms. The summed E-state index contributed by atoms with van der Waals surface area (Å²) >= 11 is 0. The Morgan fingerprint density at radius 2 is 2.11 bits per heavy atom. The average molecular weight is 381 g/mol. The van der Waals surface area contributed by atoms with E-state index in [0.717, 1.165) is 0 Å². The molecule has 0 saturated heterocycles. The second-order valence-electron chi connectivity index (χ2n) is 7.21. The van der Waals surface area contributed by atoms with Gasteiger partial charge in [0, 0.05) is 12.7 Å². The fourth-order valence-electron chi connectivity index (χ4n) is 2.40. The fraction of sp³-hybridized carbons (Fsp3) is 0.611. The van der Waals surface area contributed by atoms with Gasteiger partial charge in [0.15, 0.2) is 0 Å². The van der Waals surface area contributed by atoms with Crippen molar-refractivity contribution >= 4 is 17.9 Å². The molecule has 1 aromatic heterocycles. The molecule has 1 atom stereocenters. The van der Waals surface area contributed by atoms with Gasteiger partial charge in [0.25, 0.3) is 0 Å². The highest BCUT2D eigenvalue weighted by Gasteiger charge is 2.28. The van der Waals surface area contributed by atoms with E-state index in [1.165, 1.54) is 13.3 Å². The predicted molar refractivity (Wildman–Crippen MR) is 97.8 cm³/mol. The van der Waals surface area contributed by atoms with E-state index in [9.17, 15) is 9.59 Å². The van der Waals surface area contributed by atoms with Crippen molar-refractivity contribution in [3.63, 3.8) is 0 Å². The quantitative estimate of drug-likeness (QED) is 0.801. The summed E-state index contributed by atoms with van der Waals surface area (Å²) in [5.41, 5.74) is 0.510. The Kier molecular flexibility index (Phi) is 6.84. The SMILES string of the molecule is COCCOC(=O)N1Cc2cc(NC(=O)OC(C)(C)C)cnc2OC[C@H]1C. The van der Waals surface area contributed by atoms with Crippen molar-refractivity contribution in [2.75, 3.05) is 32.2 Å². The summed E-state index contributed by atoms with van der Waals surface area (Å²) < 4.78 is 21.0. The summed E-state index contributed by atoms with van der Waals surface area (Å²) in [6, 6.07) is 1.51. The Bertz CT molecular complexity index is 674. The molecule has 0 fully saturated rings. The first-order valence-electron chi connectivity index (χ1n) is 8.73. The van der Waals surface area contributed by atoms with Gasteiger partial charge < -0.3 is 18.9 Å². The van der Waals surface area contributed by atoms with E-state index in [1.807, 2.05) is 6.92 Å². The van der Waals surface area contributed by atoms with Gasteiger partial charge in [0.05, 0.1) is 31.1 Å². The van der Waals surface area contributed by atoms with Gasteiger partial charge >= 0.3 is 12.2 Å². The number of carbonyl (C=O) groups is 2. The lowest BCUT2D eigenvalue weighted by atomic mass is 10.2. The lowest BCUT2D eigenvalue weighted by Gasteiger charge is -2.25. The lowest BCUT2D eigenvalue weighted by molar-refractivity contribution is 0.0566. The van der Waals surface area contributed by atoms with Crippen LogP contribution in [0.25, 0.3) is 0 Å². The number of rotatable bonds is 4. The molecular weight excluding hydrogens is 354 g/mol. The molecule has 0 unspecified atom stereocenters. The number of methoxy groups -OCH3 is 1. The Morgan fingerprint density at radius 1 is 1.37 bits per heavy atom. The molecule has 1 aliphatic heterocycles. The second-order valence-corrected chi connectivity index (χ2v) is 7.21. The van der Waals surface area contributed by atoms with Crippen molar-refractivity contribution in [3.8, 4) is 5.88 Å². The molecule has 1 N–H and O–H groups in total. The molecule has 0 spiro atoms. The number of pyridine rings is 1. The third kappa shape index (κ3) is 6.28. The lowest BCUT2D eigenvalue weighted by Crippen LogP contribution is -2.40. The van der Waals surface area contributed by atoms with Gasteiger partial charge in [-0.1, -0.05) is 0 Å². The van der Waals surface area contributed by atoms with Crippen LogP contribution in [0, 0.1) is 0 Å². The summed E-state index contributed by atoms with van der Waals surface area (Å²) in [7, 11) is 1.54. The molecule has 2 rings (SSSR count). The van der Waals surface area contributed by atoms with E-state index in [2.05, 4.69) is 10.3 Å². The van der Waals surface area contributed by atoms with E-state index in [0.29, 0.717) is 23.7 Å². The standard InChI is InChI=1S/C18H27N3O6/c1-12-11-26-15-13(10-21(12)17(23)25-7-6-24-5)8-14(9-19-15)20-16(22)27-18(2,3)4/h8-9,12H,6-7,10-11H2,1-5H3,(H,20,22)/t12-/m1/s1. The molecule has 1 aliphatic rings. The summed E-state index contributed by atoms with van der Waals surface area (Å²) in [5, 5.41) is 2.64. The van der Waals surface area contributed by atoms with Crippen molar-refractivity contribution < 1.29 is 28.5 Å². The zero-order valence-electron chi connectivity index (χ0n) is 16.4. The third-order valence-electron chi connectivity index (χ3n) is 3.65. The van der Waals surface area contributed by atoms with Gasteiger partial charge in [-0.15, -0.1) is 0 Å². The minimum absolute atomic E-state index is 0.171. The van der Waals surface area contributed by atoms with Crippen LogP contribution < -0.4 is 10.1 Å². The number of nitrogens with zero attached hydrogens (tertiary/aromatic N) is 2. The van der Waals surface area contributed by atoms with Crippen LogP contribution in [0.15, 0.2) is 12.3 Å². The predicted octanol–water partition coefficient (Wildman–Crippen LogP) is 2.79. The van der Waals surface area contributed by atoms with Crippen LogP contribution in [0.4, 0.5) is 15.3 Å². The molecule has 9 nitrogen and oxygen atoms in total. The Balaban J connectivity index is 2.11. The number of nitrogens with one attached hydrogen (secondary N) is 1. The van der Waals surface area contributed by atoms with Gasteiger partial charge in [-0.25, -0.2) is 14.6 Å². The normalized spacial score (nSPS) is 16.6. The van der Waals surface area contributed by atoms with Crippen molar-refractivity contribution in [1.82, 2.24) is 9.88 Å². The monoisotopic (exact) mass is 381 g/mol. The molecule has 0 bridgehead atoms. The van der Waals surface area contributed by atoms with E-state index < -0.39 is 17.8 Å². The number of fused-ring (bicyclic) bond motifs is 1. The van der Waals surface area contributed by atoms with E-state index in [1.54, 1.807) is 31.7 Å². The number of aromatic nitrogens is 1.